The molecule has 13 heavy (non-hydrogen) atoms. The zero-order chi connectivity index (χ0) is 10.7. The summed E-state index contributed by atoms with van der Waals surface area (Å²) >= 11 is 0. The van der Waals surface area contributed by atoms with Crippen molar-refractivity contribution in [2.45, 2.75) is 45.6 Å². The molecule has 0 fully saturated rings. The first kappa shape index (κ1) is 12.8. The van der Waals surface area contributed by atoms with Crippen molar-refractivity contribution < 1.29 is 10.2 Å². The maximum Gasteiger partial charge on any atom is 0.115 e. The summed E-state index contributed by atoms with van der Waals surface area (Å²) in [5.74, 6) is 0. The zero-order valence-corrected chi connectivity index (χ0v) is 9.04. The average Bonchev–Trinajstić information content (AvgIpc) is 1.81. The van der Waals surface area contributed by atoms with E-state index in [9.17, 15) is 10.2 Å². The number of hydrogen-bond donors (Lipinski definition) is 3. The maximum atomic E-state index is 9.76. The fraction of sp³-hybridized carbons (Fsp3) is 1.00. The van der Waals surface area contributed by atoms with Crippen molar-refractivity contribution >= 4 is 0 Å². The van der Waals surface area contributed by atoms with E-state index < -0.39 is 11.4 Å². The smallest absolute Gasteiger partial charge is 0.115 e. The minimum absolute atomic E-state index is 0.558. The summed E-state index contributed by atoms with van der Waals surface area (Å²) in [5.41, 5.74) is 3.33. The predicted molar refractivity (Wildman–Crippen MR) is 53.0 cm³/mol. The van der Waals surface area contributed by atoms with Crippen LogP contribution in [0.25, 0.3) is 0 Å². The Kier molecular flexibility index (Phi) is 4.32. The van der Waals surface area contributed by atoms with Gasteiger partial charge in [0.05, 0.1) is 0 Å². The Hall–Kier alpha value is -0.160. The van der Waals surface area contributed by atoms with Crippen molar-refractivity contribution in [1.29, 1.82) is 0 Å². The van der Waals surface area contributed by atoms with Crippen molar-refractivity contribution in [2.75, 3.05) is 13.1 Å². The minimum Gasteiger partial charge on any atom is -0.376 e. The van der Waals surface area contributed by atoms with Crippen LogP contribution in [0.1, 0.15) is 34.1 Å². The molecule has 0 aromatic carbocycles. The first-order valence-electron chi connectivity index (χ1n) is 4.62. The predicted octanol–water partition coefficient (Wildman–Crippen LogP) is 0.0940. The Morgan fingerprint density at radius 1 is 1.08 bits per heavy atom. The van der Waals surface area contributed by atoms with Gasteiger partial charge >= 0.3 is 0 Å². The van der Waals surface area contributed by atoms with Crippen LogP contribution in [0.5, 0.6) is 0 Å². The van der Waals surface area contributed by atoms with Gasteiger partial charge in [0.1, 0.15) is 11.4 Å². The van der Waals surface area contributed by atoms with Gasteiger partial charge in [0, 0.05) is 6.54 Å². The van der Waals surface area contributed by atoms with E-state index in [4.69, 9.17) is 5.73 Å². The summed E-state index contributed by atoms with van der Waals surface area (Å²) in [6.45, 7) is 7.76. The number of aliphatic hydroxyl groups is 2. The summed E-state index contributed by atoms with van der Waals surface area (Å²) < 4.78 is 0. The van der Waals surface area contributed by atoms with E-state index >= 15 is 0 Å². The third-order valence-electron chi connectivity index (χ3n) is 1.91. The molecular formula is C9H22N2O2. The van der Waals surface area contributed by atoms with E-state index in [1.807, 2.05) is 0 Å². The van der Waals surface area contributed by atoms with Crippen LogP contribution in [0.3, 0.4) is 0 Å². The fourth-order valence-corrected chi connectivity index (χ4v) is 1.47. The lowest BCUT2D eigenvalue weighted by atomic mass is 10.1. The van der Waals surface area contributed by atoms with Gasteiger partial charge in [-0.2, -0.15) is 0 Å². The van der Waals surface area contributed by atoms with Gasteiger partial charge in [-0.1, -0.05) is 0 Å². The third-order valence-corrected chi connectivity index (χ3v) is 1.91. The van der Waals surface area contributed by atoms with Crippen LogP contribution in [0.4, 0.5) is 0 Å². The molecule has 80 valence electrons. The molecule has 4 N–H and O–H groups in total. The van der Waals surface area contributed by atoms with Gasteiger partial charge < -0.3 is 15.9 Å². The molecule has 4 nitrogen and oxygen atoms in total. The van der Waals surface area contributed by atoms with Crippen LogP contribution in [0, 0.1) is 0 Å². The van der Waals surface area contributed by atoms with Gasteiger partial charge in [-0.15, -0.1) is 0 Å². The summed E-state index contributed by atoms with van der Waals surface area (Å²) in [6.07, 6.45) is 0.758. The molecule has 0 aliphatic heterocycles. The second-order valence-electron chi connectivity index (χ2n) is 4.28. The molecule has 0 aromatic rings. The summed E-state index contributed by atoms with van der Waals surface area (Å²) in [4.78, 5) is 1.62. The Balaban J connectivity index is 4.39. The third kappa shape index (κ3) is 4.57. The van der Waals surface area contributed by atoms with Gasteiger partial charge in [0.2, 0.25) is 0 Å². The lowest BCUT2D eigenvalue weighted by Crippen LogP contribution is -2.56. The Bertz CT molecular complexity index is 133. The Labute approximate surface area is 80.3 Å². The normalized spacial score (nSPS) is 13.8. The van der Waals surface area contributed by atoms with Crippen LogP contribution in [-0.4, -0.2) is 39.7 Å². The fourth-order valence-electron chi connectivity index (χ4n) is 1.47. The number of nitrogens with zero attached hydrogens (tertiary/aromatic N) is 1. The summed E-state index contributed by atoms with van der Waals surface area (Å²) in [5, 5.41) is 19.5. The van der Waals surface area contributed by atoms with Crippen molar-refractivity contribution in [3.05, 3.63) is 0 Å². The van der Waals surface area contributed by atoms with Gasteiger partial charge in [-0.25, -0.2) is 4.90 Å². The first-order valence-corrected chi connectivity index (χ1v) is 4.62. The van der Waals surface area contributed by atoms with E-state index in [0.29, 0.717) is 13.1 Å². The van der Waals surface area contributed by atoms with E-state index in [0.717, 1.165) is 6.42 Å². The van der Waals surface area contributed by atoms with Gasteiger partial charge in [-0.05, 0) is 40.7 Å². The van der Waals surface area contributed by atoms with Crippen LogP contribution >= 0.6 is 0 Å². The monoisotopic (exact) mass is 190 g/mol. The highest BCUT2D eigenvalue weighted by Crippen LogP contribution is 2.20. The van der Waals surface area contributed by atoms with Crippen molar-refractivity contribution in [1.82, 2.24) is 4.90 Å². The molecule has 4 heteroatoms. The van der Waals surface area contributed by atoms with Crippen LogP contribution in [0.2, 0.25) is 0 Å². The van der Waals surface area contributed by atoms with Gasteiger partial charge in [0.25, 0.3) is 0 Å². The summed E-state index contributed by atoms with van der Waals surface area (Å²) in [6, 6.07) is 0. The molecular weight excluding hydrogens is 168 g/mol. The maximum absolute atomic E-state index is 9.76. The minimum atomic E-state index is -1.02. The second-order valence-corrected chi connectivity index (χ2v) is 4.28. The molecule has 0 unspecified atom stereocenters. The van der Waals surface area contributed by atoms with Crippen LogP contribution < -0.4 is 5.73 Å². The highest BCUT2D eigenvalue weighted by molar-refractivity contribution is 4.78. The molecule has 0 rings (SSSR count). The van der Waals surface area contributed by atoms with Crippen molar-refractivity contribution in [2.24, 2.45) is 5.73 Å². The highest BCUT2D eigenvalue weighted by atomic mass is 16.3. The molecule has 0 atom stereocenters. The SMILES string of the molecule is CC(C)(O)N(CCCN)C(C)(C)O. The molecule has 0 bridgehead atoms. The standard InChI is InChI=1S/C9H22N2O2/c1-8(2,12)11(7-5-6-10)9(3,4)13/h12-13H,5-7,10H2,1-4H3. The molecule has 0 aromatic heterocycles. The van der Waals surface area contributed by atoms with Crippen LogP contribution in [-0.2, 0) is 0 Å². The van der Waals surface area contributed by atoms with Crippen LogP contribution in [0.15, 0.2) is 0 Å². The number of nitrogens with two attached hydrogens (primary N) is 1. The molecule has 0 aliphatic rings. The van der Waals surface area contributed by atoms with E-state index in [-0.39, 0.29) is 0 Å². The van der Waals surface area contributed by atoms with Gasteiger partial charge in [0.15, 0.2) is 0 Å². The van der Waals surface area contributed by atoms with E-state index in [2.05, 4.69) is 0 Å². The van der Waals surface area contributed by atoms with E-state index in [1.54, 1.807) is 32.6 Å². The topological polar surface area (TPSA) is 69.7 Å². The number of rotatable bonds is 5. The largest absolute Gasteiger partial charge is 0.376 e. The molecule has 0 heterocycles. The average molecular weight is 190 g/mol. The Morgan fingerprint density at radius 3 is 1.69 bits per heavy atom. The lowest BCUT2D eigenvalue weighted by molar-refractivity contribution is -0.199. The molecule has 0 aliphatic carbocycles. The molecule has 0 saturated carbocycles. The molecule has 0 spiro atoms. The Morgan fingerprint density at radius 2 is 1.46 bits per heavy atom. The quantitative estimate of drug-likeness (QED) is 0.538. The molecule has 0 amide bonds. The summed E-state index contributed by atoms with van der Waals surface area (Å²) in [7, 11) is 0. The van der Waals surface area contributed by atoms with Crippen molar-refractivity contribution in [3.63, 3.8) is 0 Å². The van der Waals surface area contributed by atoms with Crippen molar-refractivity contribution in [3.8, 4) is 0 Å². The number of hydrogen-bond acceptors (Lipinski definition) is 4. The molecule has 0 saturated heterocycles. The first-order chi connectivity index (χ1) is 5.69. The lowest BCUT2D eigenvalue weighted by Gasteiger charge is -2.42. The molecule has 0 radical (unpaired) electrons. The zero-order valence-electron chi connectivity index (χ0n) is 9.04. The van der Waals surface area contributed by atoms with E-state index in [1.165, 1.54) is 0 Å². The van der Waals surface area contributed by atoms with Gasteiger partial charge in [-0.3, -0.25) is 0 Å². The highest BCUT2D eigenvalue weighted by Gasteiger charge is 2.33. The second kappa shape index (κ2) is 4.37.